The van der Waals surface area contributed by atoms with Crippen LogP contribution in [0.15, 0.2) is 30.3 Å². The van der Waals surface area contributed by atoms with Crippen LogP contribution in [-0.2, 0) is 4.74 Å². The summed E-state index contributed by atoms with van der Waals surface area (Å²) in [5.74, 6) is 0.581. The van der Waals surface area contributed by atoms with Crippen LogP contribution >= 0.6 is 0 Å². The molecule has 0 bridgehead atoms. The molecule has 1 aliphatic heterocycles. The largest absolute Gasteiger partial charge is 0.415 e. The van der Waals surface area contributed by atoms with Crippen molar-refractivity contribution in [2.24, 2.45) is 0 Å². The number of rotatable bonds is 1. The maximum Gasteiger partial charge on any atom is 0.415 e. The van der Waals surface area contributed by atoms with Crippen LogP contribution in [0.3, 0.4) is 0 Å². The van der Waals surface area contributed by atoms with Crippen LogP contribution in [0.1, 0.15) is 6.42 Å². The number of carbonyl (C=O) groups is 1. The average Bonchev–Trinajstić information content (AvgIpc) is 2.59. The molecule has 16 heavy (non-hydrogen) atoms. The van der Waals surface area contributed by atoms with Crippen LogP contribution in [0.25, 0.3) is 0 Å². The number of carbonyl (C=O) groups excluding carboxylic acids is 1. The maximum atomic E-state index is 11.8. The van der Waals surface area contributed by atoms with Gasteiger partial charge >= 0.3 is 6.09 Å². The molecular formula is C12H15NO3. The van der Waals surface area contributed by atoms with Crippen LogP contribution in [0.5, 0.6) is 5.75 Å². The lowest BCUT2D eigenvalue weighted by Gasteiger charge is -2.18. The Hall–Kier alpha value is -1.55. The minimum Gasteiger partial charge on any atom is -0.410 e. The molecular weight excluding hydrogens is 206 g/mol. The minimum atomic E-state index is -0.295. The molecule has 0 atom stereocenters. The molecule has 0 radical (unpaired) electrons. The Kier molecular flexibility index (Phi) is 3.77. The van der Waals surface area contributed by atoms with E-state index in [1.165, 1.54) is 0 Å². The minimum absolute atomic E-state index is 0.295. The highest BCUT2D eigenvalue weighted by molar-refractivity contribution is 5.70. The van der Waals surface area contributed by atoms with Gasteiger partial charge in [0.15, 0.2) is 0 Å². The molecule has 4 heteroatoms. The number of nitrogens with zero attached hydrogens (tertiary/aromatic N) is 1. The van der Waals surface area contributed by atoms with Crippen LogP contribution in [-0.4, -0.2) is 37.3 Å². The van der Waals surface area contributed by atoms with E-state index in [1.54, 1.807) is 17.0 Å². The summed E-state index contributed by atoms with van der Waals surface area (Å²) in [6, 6.07) is 9.11. The number of amides is 1. The molecule has 1 fully saturated rings. The predicted molar refractivity (Wildman–Crippen MR) is 59.5 cm³/mol. The van der Waals surface area contributed by atoms with Gasteiger partial charge in [-0.2, -0.15) is 0 Å². The first-order valence-corrected chi connectivity index (χ1v) is 5.46. The fourth-order valence-electron chi connectivity index (χ4n) is 1.58. The van der Waals surface area contributed by atoms with E-state index in [9.17, 15) is 4.79 Å². The van der Waals surface area contributed by atoms with Crippen molar-refractivity contribution in [3.63, 3.8) is 0 Å². The van der Waals surface area contributed by atoms with Gasteiger partial charge in [0.2, 0.25) is 0 Å². The Morgan fingerprint density at radius 2 is 2.00 bits per heavy atom. The highest BCUT2D eigenvalue weighted by Crippen LogP contribution is 2.11. The summed E-state index contributed by atoms with van der Waals surface area (Å²) >= 11 is 0. The van der Waals surface area contributed by atoms with Gasteiger partial charge in [0.25, 0.3) is 0 Å². The van der Waals surface area contributed by atoms with Crippen molar-refractivity contribution in [1.29, 1.82) is 0 Å². The summed E-state index contributed by atoms with van der Waals surface area (Å²) in [5.41, 5.74) is 0. The molecule has 0 saturated carbocycles. The summed E-state index contributed by atoms with van der Waals surface area (Å²) in [6.07, 6.45) is 0.570. The van der Waals surface area contributed by atoms with E-state index < -0.39 is 0 Å². The SMILES string of the molecule is O=C(Oc1ccccc1)N1CCCOCC1. The molecule has 4 nitrogen and oxygen atoms in total. The average molecular weight is 221 g/mol. The van der Waals surface area contributed by atoms with E-state index in [-0.39, 0.29) is 6.09 Å². The lowest BCUT2D eigenvalue weighted by molar-refractivity contribution is 0.130. The molecule has 0 spiro atoms. The highest BCUT2D eigenvalue weighted by atomic mass is 16.6. The van der Waals surface area contributed by atoms with E-state index in [0.717, 1.165) is 13.0 Å². The Morgan fingerprint density at radius 1 is 1.19 bits per heavy atom. The van der Waals surface area contributed by atoms with E-state index in [2.05, 4.69) is 0 Å². The zero-order valence-corrected chi connectivity index (χ0v) is 9.09. The number of benzene rings is 1. The molecule has 1 aliphatic rings. The van der Waals surface area contributed by atoms with Gasteiger partial charge in [-0.1, -0.05) is 18.2 Å². The maximum absolute atomic E-state index is 11.8. The fraction of sp³-hybridized carbons (Fsp3) is 0.417. The summed E-state index contributed by atoms with van der Waals surface area (Å²) in [7, 11) is 0. The standard InChI is InChI=1S/C12H15NO3/c14-12(13-7-4-9-15-10-8-13)16-11-5-2-1-3-6-11/h1-3,5-6H,4,7-10H2. The first-order chi connectivity index (χ1) is 7.86. The van der Waals surface area contributed by atoms with Gasteiger partial charge < -0.3 is 14.4 Å². The number of para-hydroxylation sites is 1. The zero-order chi connectivity index (χ0) is 11.2. The quantitative estimate of drug-likeness (QED) is 0.727. The molecule has 2 rings (SSSR count). The third-order valence-corrected chi connectivity index (χ3v) is 2.43. The summed E-state index contributed by atoms with van der Waals surface area (Å²) in [5, 5.41) is 0. The molecule has 0 aliphatic carbocycles. The molecule has 1 amide bonds. The van der Waals surface area contributed by atoms with Gasteiger partial charge in [-0.3, -0.25) is 0 Å². The molecule has 0 aromatic heterocycles. The second-order valence-electron chi connectivity index (χ2n) is 3.63. The lowest BCUT2D eigenvalue weighted by atomic mass is 10.3. The molecule has 86 valence electrons. The van der Waals surface area contributed by atoms with Crippen molar-refractivity contribution < 1.29 is 14.3 Å². The van der Waals surface area contributed by atoms with Crippen molar-refractivity contribution in [3.8, 4) is 5.75 Å². The van der Waals surface area contributed by atoms with E-state index in [1.807, 2.05) is 18.2 Å². The molecule has 0 N–H and O–H groups in total. The Morgan fingerprint density at radius 3 is 2.81 bits per heavy atom. The van der Waals surface area contributed by atoms with Gasteiger partial charge in [-0.25, -0.2) is 4.79 Å². The molecule has 1 aromatic carbocycles. The van der Waals surface area contributed by atoms with Gasteiger partial charge in [0, 0.05) is 19.7 Å². The van der Waals surface area contributed by atoms with Crippen molar-refractivity contribution in [2.75, 3.05) is 26.3 Å². The fourth-order valence-corrected chi connectivity index (χ4v) is 1.58. The Bertz CT molecular complexity index is 331. The van der Waals surface area contributed by atoms with Crippen molar-refractivity contribution in [2.45, 2.75) is 6.42 Å². The van der Waals surface area contributed by atoms with E-state index in [0.29, 0.717) is 25.4 Å². The van der Waals surface area contributed by atoms with Crippen LogP contribution in [0, 0.1) is 0 Å². The van der Waals surface area contributed by atoms with E-state index in [4.69, 9.17) is 9.47 Å². The van der Waals surface area contributed by atoms with Crippen LogP contribution < -0.4 is 4.74 Å². The Balaban J connectivity index is 1.92. The van der Waals surface area contributed by atoms with Crippen LogP contribution in [0.4, 0.5) is 4.79 Å². The first-order valence-electron chi connectivity index (χ1n) is 5.46. The van der Waals surface area contributed by atoms with Gasteiger partial charge in [0.1, 0.15) is 5.75 Å². The topological polar surface area (TPSA) is 38.8 Å². The molecule has 1 heterocycles. The van der Waals surface area contributed by atoms with E-state index >= 15 is 0 Å². The van der Waals surface area contributed by atoms with Gasteiger partial charge in [-0.05, 0) is 18.6 Å². The predicted octanol–water partition coefficient (Wildman–Crippen LogP) is 1.91. The highest BCUT2D eigenvalue weighted by Gasteiger charge is 2.17. The van der Waals surface area contributed by atoms with Crippen molar-refractivity contribution in [3.05, 3.63) is 30.3 Å². The molecule has 1 saturated heterocycles. The van der Waals surface area contributed by atoms with Gasteiger partial charge in [0.05, 0.1) is 6.61 Å². The normalized spacial score (nSPS) is 16.6. The summed E-state index contributed by atoms with van der Waals surface area (Å²) < 4.78 is 10.5. The zero-order valence-electron chi connectivity index (χ0n) is 9.09. The van der Waals surface area contributed by atoms with Crippen molar-refractivity contribution >= 4 is 6.09 Å². The van der Waals surface area contributed by atoms with Crippen LogP contribution in [0.2, 0.25) is 0 Å². The smallest absolute Gasteiger partial charge is 0.410 e. The second kappa shape index (κ2) is 5.51. The number of hydrogen-bond acceptors (Lipinski definition) is 3. The summed E-state index contributed by atoms with van der Waals surface area (Å²) in [6.45, 7) is 2.61. The monoisotopic (exact) mass is 221 g/mol. The number of ether oxygens (including phenoxy) is 2. The molecule has 1 aromatic rings. The first kappa shape index (κ1) is 11.0. The van der Waals surface area contributed by atoms with Crippen molar-refractivity contribution in [1.82, 2.24) is 4.90 Å². The Labute approximate surface area is 94.8 Å². The third kappa shape index (κ3) is 2.97. The summed E-state index contributed by atoms with van der Waals surface area (Å²) in [4.78, 5) is 13.4. The number of hydrogen-bond donors (Lipinski definition) is 0. The second-order valence-corrected chi connectivity index (χ2v) is 3.63. The van der Waals surface area contributed by atoms with Gasteiger partial charge in [-0.15, -0.1) is 0 Å². The lowest BCUT2D eigenvalue weighted by Crippen LogP contribution is -2.35. The molecule has 0 unspecified atom stereocenters. The third-order valence-electron chi connectivity index (χ3n) is 2.43.